The maximum absolute atomic E-state index is 13.4. The van der Waals surface area contributed by atoms with E-state index in [0.29, 0.717) is 0 Å². The zero-order valence-corrected chi connectivity index (χ0v) is 9.24. The van der Waals surface area contributed by atoms with Gasteiger partial charge in [0.15, 0.2) is 11.6 Å². The van der Waals surface area contributed by atoms with Crippen LogP contribution in [0.2, 0.25) is 0 Å². The molecule has 1 N–H and O–H groups in total. The first-order chi connectivity index (χ1) is 8.06. The van der Waals surface area contributed by atoms with Crippen LogP contribution in [0, 0.1) is 11.6 Å². The Hall–Kier alpha value is -1.91. The summed E-state index contributed by atoms with van der Waals surface area (Å²) < 4.78 is 31.3. The molecule has 0 aliphatic rings. The van der Waals surface area contributed by atoms with Gasteiger partial charge < -0.3 is 9.84 Å². The Balaban J connectivity index is 2.79. The van der Waals surface area contributed by atoms with Gasteiger partial charge in [-0.05, 0) is 18.6 Å². The predicted molar refractivity (Wildman–Crippen MR) is 58.8 cm³/mol. The number of carboxylic acids is 1. The summed E-state index contributed by atoms with van der Waals surface area (Å²) in [7, 11) is 1.25. The van der Waals surface area contributed by atoms with Gasteiger partial charge >= 0.3 is 5.97 Å². The first-order valence-electron chi connectivity index (χ1n) is 4.96. The molecule has 0 bridgehead atoms. The molecule has 0 unspecified atom stereocenters. The highest BCUT2D eigenvalue weighted by Crippen LogP contribution is 2.23. The summed E-state index contributed by atoms with van der Waals surface area (Å²) in [5, 5.41) is 8.39. The molecule has 0 heterocycles. The summed E-state index contributed by atoms with van der Waals surface area (Å²) in [4.78, 5) is 10.2. The van der Waals surface area contributed by atoms with E-state index in [1.165, 1.54) is 31.4 Å². The van der Waals surface area contributed by atoms with Crippen LogP contribution in [0.25, 0.3) is 6.08 Å². The molecule has 0 amide bonds. The predicted octanol–water partition coefficient (Wildman–Crippen LogP) is 2.85. The SMILES string of the molecule is COc1ccc(C=CCCC(=O)O)c(F)c1F. The normalized spacial score (nSPS) is 10.8. The third kappa shape index (κ3) is 3.55. The topological polar surface area (TPSA) is 46.5 Å². The molecule has 0 aromatic heterocycles. The maximum Gasteiger partial charge on any atom is 0.303 e. The summed E-state index contributed by atoms with van der Waals surface area (Å²) in [5.74, 6) is -3.15. The molecule has 0 saturated heterocycles. The molecule has 0 aliphatic carbocycles. The average Bonchev–Trinajstić information content (AvgIpc) is 2.29. The quantitative estimate of drug-likeness (QED) is 0.863. The van der Waals surface area contributed by atoms with Crippen molar-refractivity contribution in [1.82, 2.24) is 0 Å². The van der Waals surface area contributed by atoms with Crippen molar-refractivity contribution >= 4 is 12.0 Å². The standard InChI is InChI=1S/C12H12F2O3/c1-17-9-7-6-8(11(13)12(9)14)4-2-3-5-10(15)16/h2,4,6-7H,3,5H2,1H3,(H,15,16). The monoisotopic (exact) mass is 242 g/mol. The molecule has 0 aliphatic heterocycles. The molecule has 3 nitrogen and oxygen atoms in total. The third-order valence-electron chi connectivity index (χ3n) is 2.12. The van der Waals surface area contributed by atoms with Gasteiger partial charge in [-0.2, -0.15) is 4.39 Å². The van der Waals surface area contributed by atoms with Crippen LogP contribution in [-0.2, 0) is 4.79 Å². The number of aliphatic carboxylic acids is 1. The minimum atomic E-state index is -1.05. The van der Waals surface area contributed by atoms with E-state index >= 15 is 0 Å². The Bertz CT molecular complexity index is 442. The van der Waals surface area contributed by atoms with E-state index in [2.05, 4.69) is 4.74 Å². The van der Waals surface area contributed by atoms with Crippen molar-refractivity contribution in [3.05, 3.63) is 35.4 Å². The molecular weight excluding hydrogens is 230 g/mol. The van der Waals surface area contributed by atoms with E-state index in [1.807, 2.05) is 0 Å². The summed E-state index contributed by atoms with van der Waals surface area (Å²) in [5.41, 5.74) is 0.0636. The molecule has 0 radical (unpaired) electrons. The lowest BCUT2D eigenvalue weighted by Gasteiger charge is -2.04. The van der Waals surface area contributed by atoms with Gasteiger partial charge in [0.1, 0.15) is 0 Å². The molecule has 1 aromatic carbocycles. The van der Waals surface area contributed by atoms with E-state index < -0.39 is 17.6 Å². The molecule has 17 heavy (non-hydrogen) atoms. The zero-order valence-electron chi connectivity index (χ0n) is 9.24. The Morgan fingerprint density at radius 2 is 2.12 bits per heavy atom. The largest absolute Gasteiger partial charge is 0.494 e. The second-order valence-corrected chi connectivity index (χ2v) is 3.32. The van der Waals surface area contributed by atoms with Crippen LogP contribution in [0.1, 0.15) is 18.4 Å². The van der Waals surface area contributed by atoms with E-state index in [9.17, 15) is 13.6 Å². The second-order valence-electron chi connectivity index (χ2n) is 3.32. The number of benzene rings is 1. The molecule has 0 saturated carbocycles. The third-order valence-corrected chi connectivity index (χ3v) is 2.12. The van der Waals surface area contributed by atoms with Crippen LogP contribution < -0.4 is 4.74 Å². The Kier molecular flexibility index (Phi) is 4.63. The van der Waals surface area contributed by atoms with Gasteiger partial charge in [-0.15, -0.1) is 0 Å². The number of carbonyl (C=O) groups is 1. The van der Waals surface area contributed by atoms with Gasteiger partial charge in [0.2, 0.25) is 5.82 Å². The zero-order chi connectivity index (χ0) is 12.8. The van der Waals surface area contributed by atoms with Crippen molar-refractivity contribution in [1.29, 1.82) is 0 Å². The van der Waals surface area contributed by atoms with E-state index in [0.717, 1.165) is 0 Å². The lowest BCUT2D eigenvalue weighted by molar-refractivity contribution is -0.136. The first-order valence-corrected chi connectivity index (χ1v) is 4.96. The van der Waals surface area contributed by atoms with Gasteiger partial charge in [0, 0.05) is 12.0 Å². The molecular formula is C12H12F2O3. The fourth-order valence-corrected chi connectivity index (χ4v) is 1.25. The summed E-state index contributed by atoms with van der Waals surface area (Å²) in [6.45, 7) is 0. The summed E-state index contributed by atoms with van der Waals surface area (Å²) in [6.07, 6.45) is 3.05. The van der Waals surface area contributed by atoms with Crippen molar-refractivity contribution < 1.29 is 23.4 Å². The molecule has 92 valence electrons. The smallest absolute Gasteiger partial charge is 0.303 e. The highest BCUT2D eigenvalue weighted by atomic mass is 19.2. The van der Waals surface area contributed by atoms with Crippen molar-refractivity contribution in [3.8, 4) is 5.75 Å². The van der Waals surface area contributed by atoms with E-state index in [4.69, 9.17) is 5.11 Å². The number of methoxy groups -OCH3 is 1. The second kappa shape index (κ2) is 5.98. The lowest BCUT2D eigenvalue weighted by Crippen LogP contribution is -1.94. The highest BCUT2D eigenvalue weighted by Gasteiger charge is 2.11. The number of hydrogen-bond acceptors (Lipinski definition) is 2. The van der Waals surface area contributed by atoms with Crippen LogP contribution in [0.5, 0.6) is 5.75 Å². The Morgan fingerprint density at radius 3 is 2.71 bits per heavy atom. The molecule has 1 aromatic rings. The highest BCUT2D eigenvalue weighted by molar-refractivity contribution is 5.67. The Labute approximate surface area is 97.3 Å². The van der Waals surface area contributed by atoms with Crippen LogP contribution in [0.15, 0.2) is 18.2 Å². The number of carboxylic acid groups (broad SMARTS) is 1. The fraction of sp³-hybridized carbons (Fsp3) is 0.250. The van der Waals surface area contributed by atoms with Crippen molar-refractivity contribution in [2.45, 2.75) is 12.8 Å². The minimum absolute atomic E-state index is 0.0449. The van der Waals surface area contributed by atoms with Crippen molar-refractivity contribution in [3.63, 3.8) is 0 Å². The van der Waals surface area contributed by atoms with Crippen LogP contribution in [0.4, 0.5) is 8.78 Å². The summed E-state index contributed by atoms with van der Waals surface area (Å²) in [6, 6.07) is 2.68. The number of hydrogen-bond donors (Lipinski definition) is 1. The molecule has 1 rings (SSSR count). The van der Waals surface area contributed by atoms with Gasteiger partial charge in [-0.1, -0.05) is 12.2 Å². The van der Waals surface area contributed by atoms with Gasteiger partial charge in [-0.25, -0.2) is 4.39 Å². The van der Waals surface area contributed by atoms with Crippen LogP contribution >= 0.6 is 0 Å². The van der Waals surface area contributed by atoms with E-state index in [1.54, 1.807) is 0 Å². The fourth-order valence-electron chi connectivity index (χ4n) is 1.25. The van der Waals surface area contributed by atoms with Crippen LogP contribution in [0.3, 0.4) is 0 Å². The summed E-state index contributed by atoms with van der Waals surface area (Å²) >= 11 is 0. The molecule has 5 heteroatoms. The molecule has 0 fully saturated rings. The molecule has 0 atom stereocenters. The van der Waals surface area contributed by atoms with Crippen molar-refractivity contribution in [2.75, 3.05) is 7.11 Å². The number of rotatable bonds is 5. The maximum atomic E-state index is 13.4. The Morgan fingerprint density at radius 1 is 1.41 bits per heavy atom. The number of halogens is 2. The minimum Gasteiger partial charge on any atom is -0.494 e. The molecule has 0 spiro atoms. The number of ether oxygens (including phenoxy) is 1. The van der Waals surface area contributed by atoms with Crippen molar-refractivity contribution in [2.24, 2.45) is 0 Å². The average molecular weight is 242 g/mol. The first kappa shape index (κ1) is 13.2. The number of allylic oxidation sites excluding steroid dienone is 1. The van der Waals surface area contributed by atoms with Crippen LogP contribution in [-0.4, -0.2) is 18.2 Å². The van der Waals surface area contributed by atoms with Gasteiger partial charge in [0.25, 0.3) is 0 Å². The van der Waals surface area contributed by atoms with Gasteiger partial charge in [-0.3, -0.25) is 4.79 Å². The lowest BCUT2D eigenvalue weighted by atomic mass is 10.1. The van der Waals surface area contributed by atoms with Gasteiger partial charge in [0.05, 0.1) is 7.11 Å². The van der Waals surface area contributed by atoms with E-state index in [-0.39, 0.29) is 24.2 Å².